The maximum absolute atomic E-state index is 12.2. The number of hydrogen-bond donors (Lipinski definition) is 2. The van der Waals surface area contributed by atoms with Crippen molar-refractivity contribution < 1.29 is 14.7 Å². The zero-order valence-electron chi connectivity index (χ0n) is 12.7. The van der Waals surface area contributed by atoms with Crippen molar-refractivity contribution in [3.8, 4) is 0 Å². The summed E-state index contributed by atoms with van der Waals surface area (Å²) in [6.45, 7) is 6.03. The standard InChI is InChI=1S/C16H18N2O3S/c1-16(2,3)15-17-11(9-22-15)13(19)18-12(14(20)21)10-7-5-4-6-8-10/h4-9,12H,1-3H3,(H,18,19)(H,20,21)/t12-/m0/s1. The number of carboxylic acids is 1. The number of amides is 1. The Bertz CT molecular complexity index is 674. The second-order valence-corrected chi connectivity index (χ2v) is 6.80. The lowest BCUT2D eigenvalue weighted by Crippen LogP contribution is -2.34. The summed E-state index contributed by atoms with van der Waals surface area (Å²) >= 11 is 1.40. The molecule has 116 valence electrons. The number of nitrogens with zero attached hydrogens (tertiary/aromatic N) is 1. The molecule has 0 saturated carbocycles. The van der Waals surface area contributed by atoms with Crippen LogP contribution in [0.25, 0.3) is 0 Å². The molecule has 1 aromatic heterocycles. The SMILES string of the molecule is CC(C)(C)c1nc(C(=O)N[C@H](C(=O)O)c2ccccc2)cs1. The van der Waals surface area contributed by atoms with E-state index in [2.05, 4.69) is 10.3 Å². The van der Waals surface area contributed by atoms with Gasteiger partial charge in [-0.15, -0.1) is 11.3 Å². The predicted molar refractivity (Wildman–Crippen MR) is 85.1 cm³/mol. The average molecular weight is 318 g/mol. The highest BCUT2D eigenvalue weighted by atomic mass is 32.1. The molecular weight excluding hydrogens is 300 g/mol. The first kappa shape index (κ1) is 16.2. The summed E-state index contributed by atoms with van der Waals surface area (Å²) in [5.74, 6) is -1.59. The van der Waals surface area contributed by atoms with Crippen LogP contribution in [-0.4, -0.2) is 22.0 Å². The molecule has 0 unspecified atom stereocenters. The number of thiazole rings is 1. The van der Waals surface area contributed by atoms with Crippen LogP contribution in [0.15, 0.2) is 35.7 Å². The molecule has 22 heavy (non-hydrogen) atoms. The van der Waals surface area contributed by atoms with Crippen LogP contribution in [0.5, 0.6) is 0 Å². The minimum absolute atomic E-state index is 0.144. The molecule has 2 rings (SSSR count). The highest BCUT2D eigenvalue weighted by molar-refractivity contribution is 7.10. The normalized spacial score (nSPS) is 12.7. The van der Waals surface area contributed by atoms with Gasteiger partial charge < -0.3 is 10.4 Å². The van der Waals surface area contributed by atoms with Crippen molar-refractivity contribution in [2.24, 2.45) is 0 Å². The number of aliphatic carboxylic acids is 1. The number of carbonyl (C=O) groups is 2. The Labute approximate surface area is 133 Å². The van der Waals surface area contributed by atoms with Crippen molar-refractivity contribution in [1.29, 1.82) is 0 Å². The molecule has 1 aromatic carbocycles. The number of carboxylic acid groups (broad SMARTS) is 1. The average Bonchev–Trinajstić information content (AvgIpc) is 2.95. The zero-order valence-corrected chi connectivity index (χ0v) is 13.5. The van der Waals surface area contributed by atoms with Crippen LogP contribution in [0, 0.1) is 0 Å². The van der Waals surface area contributed by atoms with Gasteiger partial charge in [-0.2, -0.15) is 0 Å². The van der Waals surface area contributed by atoms with Crippen LogP contribution in [0.2, 0.25) is 0 Å². The van der Waals surface area contributed by atoms with Crippen LogP contribution in [-0.2, 0) is 10.2 Å². The summed E-state index contributed by atoms with van der Waals surface area (Å²) in [5, 5.41) is 14.3. The van der Waals surface area contributed by atoms with Gasteiger partial charge in [-0.1, -0.05) is 51.1 Å². The predicted octanol–water partition coefficient (Wildman–Crippen LogP) is 3.00. The highest BCUT2D eigenvalue weighted by Gasteiger charge is 2.25. The first-order valence-electron chi connectivity index (χ1n) is 6.83. The van der Waals surface area contributed by atoms with Crippen molar-refractivity contribution in [2.45, 2.75) is 32.2 Å². The molecule has 0 radical (unpaired) electrons. The van der Waals surface area contributed by atoms with Crippen LogP contribution in [0.1, 0.15) is 47.9 Å². The second kappa shape index (κ2) is 6.27. The Morgan fingerprint density at radius 2 is 1.86 bits per heavy atom. The molecule has 0 aliphatic heterocycles. The molecule has 0 bridgehead atoms. The highest BCUT2D eigenvalue weighted by Crippen LogP contribution is 2.25. The van der Waals surface area contributed by atoms with Crippen LogP contribution < -0.4 is 5.32 Å². The van der Waals surface area contributed by atoms with Crippen LogP contribution in [0.3, 0.4) is 0 Å². The van der Waals surface area contributed by atoms with E-state index in [9.17, 15) is 14.7 Å². The van der Waals surface area contributed by atoms with Gasteiger partial charge in [-0.25, -0.2) is 9.78 Å². The summed E-state index contributed by atoms with van der Waals surface area (Å²) < 4.78 is 0. The van der Waals surface area contributed by atoms with Crippen molar-refractivity contribution in [3.05, 3.63) is 52.0 Å². The van der Waals surface area contributed by atoms with Gasteiger partial charge in [0.2, 0.25) is 0 Å². The monoisotopic (exact) mass is 318 g/mol. The fourth-order valence-electron chi connectivity index (χ4n) is 1.86. The van der Waals surface area contributed by atoms with Gasteiger partial charge in [0.1, 0.15) is 5.69 Å². The van der Waals surface area contributed by atoms with E-state index in [1.807, 2.05) is 20.8 Å². The molecule has 1 amide bonds. The van der Waals surface area contributed by atoms with E-state index in [0.717, 1.165) is 5.01 Å². The Balaban J connectivity index is 2.19. The Kier molecular flexibility index (Phi) is 4.61. The molecular formula is C16H18N2O3S. The summed E-state index contributed by atoms with van der Waals surface area (Å²) in [6, 6.07) is 7.51. The van der Waals surface area contributed by atoms with E-state index in [1.54, 1.807) is 35.7 Å². The van der Waals surface area contributed by atoms with Crippen molar-refractivity contribution in [2.75, 3.05) is 0 Å². The smallest absolute Gasteiger partial charge is 0.330 e. The van der Waals surface area contributed by atoms with Gasteiger partial charge in [0.15, 0.2) is 6.04 Å². The van der Waals surface area contributed by atoms with Gasteiger partial charge in [-0.3, -0.25) is 4.79 Å². The van der Waals surface area contributed by atoms with E-state index in [-0.39, 0.29) is 11.1 Å². The number of rotatable bonds is 4. The van der Waals surface area contributed by atoms with Gasteiger partial charge in [0, 0.05) is 10.8 Å². The van der Waals surface area contributed by atoms with E-state index in [0.29, 0.717) is 5.56 Å². The molecule has 5 nitrogen and oxygen atoms in total. The lowest BCUT2D eigenvalue weighted by molar-refractivity contribution is -0.139. The van der Waals surface area contributed by atoms with E-state index in [1.165, 1.54) is 11.3 Å². The minimum atomic E-state index is -1.11. The third-order valence-electron chi connectivity index (χ3n) is 3.03. The summed E-state index contributed by atoms with van der Waals surface area (Å²) in [5.41, 5.74) is 0.626. The molecule has 2 aromatic rings. The Morgan fingerprint density at radius 1 is 1.23 bits per heavy atom. The molecule has 0 fully saturated rings. The van der Waals surface area contributed by atoms with Gasteiger partial charge in [0.25, 0.3) is 5.91 Å². The maximum atomic E-state index is 12.2. The van der Waals surface area contributed by atoms with Crippen molar-refractivity contribution in [3.63, 3.8) is 0 Å². The number of aromatic nitrogens is 1. The molecule has 0 saturated heterocycles. The second-order valence-electron chi connectivity index (χ2n) is 5.94. The Morgan fingerprint density at radius 3 is 2.36 bits per heavy atom. The van der Waals surface area contributed by atoms with Gasteiger partial charge >= 0.3 is 5.97 Å². The molecule has 1 atom stereocenters. The molecule has 0 aliphatic carbocycles. The quantitative estimate of drug-likeness (QED) is 0.908. The number of hydrogen-bond acceptors (Lipinski definition) is 4. The molecule has 0 aliphatic rings. The summed E-state index contributed by atoms with van der Waals surface area (Å²) in [7, 11) is 0. The molecule has 2 N–H and O–H groups in total. The van der Waals surface area contributed by atoms with Gasteiger partial charge in [-0.05, 0) is 5.56 Å². The topological polar surface area (TPSA) is 79.3 Å². The largest absolute Gasteiger partial charge is 0.479 e. The lowest BCUT2D eigenvalue weighted by atomic mass is 9.98. The summed E-state index contributed by atoms with van der Waals surface area (Å²) in [6.07, 6.45) is 0. The fraction of sp³-hybridized carbons (Fsp3) is 0.312. The van der Waals surface area contributed by atoms with E-state index in [4.69, 9.17) is 0 Å². The lowest BCUT2D eigenvalue weighted by Gasteiger charge is -2.15. The number of carbonyl (C=O) groups excluding carboxylic acids is 1. The zero-order chi connectivity index (χ0) is 16.3. The molecule has 6 heteroatoms. The van der Waals surface area contributed by atoms with E-state index >= 15 is 0 Å². The molecule has 0 spiro atoms. The number of benzene rings is 1. The molecule has 1 heterocycles. The van der Waals surface area contributed by atoms with Crippen molar-refractivity contribution in [1.82, 2.24) is 10.3 Å². The third-order valence-corrected chi connectivity index (χ3v) is 4.30. The Hall–Kier alpha value is -2.21. The van der Waals surface area contributed by atoms with Crippen molar-refractivity contribution >= 4 is 23.2 Å². The van der Waals surface area contributed by atoms with Gasteiger partial charge in [0.05, 0.1) is 5.01 Å². The first-order chi connectivity index (χ1) is 10.3. The van der Waals surface area contributed by atoms with Crippen LogP contribution >= 0.6 is 11.3 Å². The maximum Gasteiger partial charge on any atom is 0.330 e. The first-order valence-corrected chi connectivity index (χ1v) is 7.71. The van der Waals surface area contributed by atoms with Crippen LogP contribution in [0.4, 0.5) is 0 Å². The van der Waals surface area contributed by atoms with E-state index < -0.39 is 17.9 Å². The minimum Gasteiger partial charge on any atom is -0.479 e. The summed E-state index contributed by atoms with van der Waals surface area (Å²) in [4.78, 5) is 27.9. The number of nitrogens with one attached hydrogen (secondary N) is 1. The third kappa shape index (κ3) is 3.71. The fourth-order valence-corrected chi connectivity index (χ4v) is 2.75.